The minimum Gasteiger partial charge on any atom is -0.460 e. The summed E-state index contributed by atoms with van der Waals surface area (Å²) in [4.78, 5) is 48.2. The molecule has 192 valence electrons. The molecule has 4 rings (SSSR count). The number of nitrogens with zero attached hydrogens (tertiary/aromatic N) is 4. The van der Waals surface area contributed by atoms with Crippen molar-refractivity contribution in [2.75, 3.05) is 46.5 Å². The van der Waals surface area contributed by atoms with Gasteiger partial charge in [-0.25, -0.2) is 9.79 Å². The number of halogens is 1. The number of piperazine rings is 1. The largest absolute Gasteiger partial charge is 0.460 e. The number of hydrogen-bond acceptors (Lipinski definition) is 8. The summed E-state index contributed by atoms with van der Waals surface area (Å²) in [6.07, 6.45) is 0.154. The van der Waals surface area contributed by atoms with Gasteiger partial charge in [0, 0.05) is 50.9 Å². The van der Waals surface area contributed by atoms with E-state index in [1.165, 1.54) is 11.8 Å². The van der Waals surface area contributed by atoms with Crippen molar-refractivity contribution in [3.63, 3.8) is 0 Å². The van der Waals surface area contributed by atoms with Crippen LogP contribution in [0.2, 0.25) is 5.02 Å². The van der Waals surface area contributed by atoms with Gasteiger partial charge in [0.25, 0.3) is 0 Å². The first-order valence-corrected chi connectivity index (χ1v) is 12.9. The number of benzene rings is 1. The van der Waals surface area contributed by atoms with Crippen LogP contribution < -0.4 is 0 Å². The molecule has 0 spiro atoms. The lowest BCUT2D eigenvalue weighted by Crippen LogP contribution is -2.50. The van der Waals surface area contributed by atoms with E-state index in [4.69, 9.17) is 21.1 Å². The van der Waals surface area contributed by atoms with Crippen molar-refractivity contribution in [3.05, 3.63) is 57.2 Å². The Morgan fingerprint density at radius 1 is 1.08 bits per heavy atom. The average Bonchev–Trinajstić information content (AvgIpc) is 3.25. The smallest absolute Gasteiger partial charge is 0.338 e. The number of allylic oxidation sites excluding steroid dienone is 1. The van der Waals surface area contributed by atoms with E-state index in [-0.39, 0.29) is 31.4 Å². The number of esters is 1. The number of fused-ring (bicyclic) bond motifs is 1. The van der Waals surface area contributed by atoms with Crippen molar-refractivity contribution in [1.29, 1.82) is 0 Å². The molecule has 3 aliphatic heterocycles. The van der Waals surface area contributed by atoms with Gasteiger partial charge in [-0.3, -0.25) is 9.59 Å². The van der Waals surface area contributed by atoms with Gasteiger partial charge in [0.1, 0.15) is 6.61 Å². The van der Waals surface area contributed by atoms with Crippen LogP contribution in [0.5, 0.6) is 0 Å². The predicted molar refractivity (Wildman–Crippen MR) is 138 cm³/mol. The van der Waals surface area contributed by atoms with Crippen molar-refractivity contribution in [2.45, 2.75) is 26.3 Å². The standard InChI is InChI=1S/C25H29ClN4O5S/c1-16-22(24(33)35-13-12-34-3)23(18-4-6-19(26)7-5-18)30-20(15-36-25(30)27-16)14-21(32)29-10-8-28(9-11-29)17(2)31/h4-7,15,23H,8-14H2,1-3H3/t23-/m1/s1. The number of amides is 2. The van der Waals surface area contributed by atoms with E-state index in [1.54, 1.807) is 42.9 Å². The minimum absolute atomic E-state index is 0.0176. The second-order valence-corrected chi connectivity index (χ2v) is 9.91. The van der Waals surface area contributed by atoms with E-state index < -0.39 is 12.0 Å². The van der Waals surface area contributed by atoms with E-state index in [0.29, 0.717) is 47.6 Å². The Morgan fingerprint density at radius 2 is 1.75 bits per heavy atom. The number of carbonyl (C=O) groups is 3. The molecule has 36 heavy (non-hydrogen) atoms. The summed E-state index contributed by atoms with van der Waals surface area (Å²) >= 11 is 7.57. The van der Waals surface area contributed by atoms with Crippen LogP contribution in [0.4, 0.5) is 0 Å². The van der Waals surface area contributed by atoms with Gasteiger partial charge in [0.2, 0.25) is 11.8 Å². The normalized spacial score (nSPS) is 19.7. The monoisotopic (exact) mass is 532 g/mol. The first-order chi connectivity index (χ1) is 17.3. The highest BCUT2D eigenvalue weighted by atomic mass is 35.5. The van der Waals surface area contributed by atoms with Crippen molar-refractivity contribution < 1.29 is 23.9 Å². The topological polar surface area (TPSA) is 91.7 Å². The number of methoxy groups -OCH3 is 1. The highest BCUT2D eigenvalue weighted by molar-refractivity contribution is 8.16. The summed E-state index contributed by atoms with van der Waals surface area (Å²) in [6.45, 7) is 5.79. The molecule has 9 nitrogen and oxygen atoms in total. The highest BCUT2D eigenvalue weighted by Gasteiger charge is 2.41. The molecular weight excluding hydrogens is 504 g/mol. The Kier molecular flexibility index (Phi) is 8.38. The Bertz CT molecular complexity index is 1130. The number of aliphatic imine (C=N–C) groups is 1. The Hall–Kier alpha value is -2.82. The number of carbonyl (C=O) groups excluding carboxylic acids is 3. The van der Waals surface area contributed by atoms with Gasteiger partial charge >= 0.3 is 5.97 Å². The Morgan fingerprint density at radius 3 is 2.39 bits per heavy atom. The molecule has 3 aliphatic rings. The van der Waals surface area contributed by atoms with Crippen LogP contribution in [0.1, 0.15) is 31.9 Å². The molecule has 1 atom stereocenters. The third kappa shape index (κ3) is 5.61. The molecule has 3 heterocycles. The van der Waals surface area contributed by atoms with Crippen molar-refractivity contribution in [2.24, 2.45) is 4.99 Å². The van der Waals surface area contributed by atoms with Crippen molar-refractivity contribution in [1.82, 2.24) is 14.7 Å². The molecule has 11 heteroatoms. The fourth-order valence-corrected chi connectivity index (χ4v) is 5.51. The zero-order chi connectivity index (χ0) is 25.8. The van der Waals surface area contributed by atoms with E-state index >= 15 is 0 Å². The average molecular weight is 533 g/mol. The number of thioether (sulfide) groups is 1. The first-order valence-electron chi connectivity index (χ1n) is 11.7. The van der Waals surface area contributed by atoms with E-state index in [9.17, 15) is 14.4 Å². The van der Waals surface area contributed by atoms with Crippen LogP contribution in [0, 0.1) is 0 Å². The fourth-order valence-electron chi connectivity index (χ4n) is 4.42. The lowest BCUT2D eigenvalue weighted by molar-refractivity contribution is -0.141. The van der Waals surface area contributed by atoms with Gasteiger partial charge < -0.3 is 24.2 Å². The number of hydrogen-bond donors (Lipinski definition) is 0. The molecule has 0 bridgehead atoms. The molecule has 0 unspecified atom stereocenters. The molecule has 0 saturated carbocycles. The second kappa shape index (κ2) is 11.5. The molecule has 0 aromatic heterocycles. The molecule has 0 N–H and O–H groups in total. The van der Waals surface area contributed by atoms with Crippen LogP contribution in [-0.2, 0) is 23.9 Å². The third-order valence-electron chi connectivity index (χ3n) is 6.34. The van der Waals surface area contributed by atoms with Crippen molar-refractivity contribution >= 4 is 46.3 Å². The zero-order valence-corrected chi connectivity index (χ0v) is 22.1. The van der Waals surface area contributed by atoms with Gasteiger partial charge in [0.15, 0.2) is 5.17 Å². The SMILES string of the molecule is COCCOC(=O)C1=C(C)N=C2SC=C(CC(=O)N3CCN(C(C)=O)CC3)N2[C@@H]1c1ccc(Cl)cc1. The lowest BCUT2D eigenvalue weighted by Gasteiger charge is -2.37. The fraction of sp³-hybridized carbons (Fsp3) is 0.440. The van der Waals surface area contributed by atoms with E-state index in [1.807, 2.05) is 22.4 Å². The van der Waals surface area contributed by atoms with Crippen LogP contribution in [0.3, 0.4) is 0 Å². The summed E-state index contributed by atoms with van der Waals surface area (Å²) < 4.78 is 10.5. The summed E-state index contributed by atoms with van der Waals surface area (Å²) in [7, 11) is 1.54. The second-order valence-electron chi connectivity index (χ2n) is 8.64. The van der Waals surface area contributed by atoms with Crippen LogP contribution in [-0.4, -0.2) is 84.2 Å². The molecule has 1 saturated heterocycles. The lowest BCUT2D eigenvalue weighted by atomic mass is 9.94. The molecule has 1 aromatic carbocycles. The quantitative estimate of drug-likeness (QED) is 0.393. The zero-order valence-electron chi connectivity index (χ0n) is 20.5. The summed E-state index contributed by atoms with van der Waals surface area (Å²) in [6, 6.07) is 6.77. The molecule has 1 fully saturated rings. The van der Waals surface area contributed by atoms with E-state index in [2.05, 4.69) is 4.99 Å². The molecule has 0 aliphatic carbocycles. The first kappa shape index (κ1) is 26.2. The maximum absolute atomic E-state index is 13.2. The summed E-state index contributed by atoms with van der Waals surface area (Å²) in [5, 5.41) is 3.20. The van der Waals surface area contributed by atoms with Crippen LogP contribution in [0.15, 0.2) is 51.6 Å². The molecule has 0 radical (unpaired) electrons. The van der Waals surface area contributed by atoms with E-state index in [0.717, 1.165) is 11.3 Å². The van der Waals surface area contributed by atoms with Gasteiger partial charge in [-0.2, -0.15) is 0 Å². The van der Waals surface area contributed by atoms with Gasteiger partial charge in [-0.1, -0.05) is 35.5 Å². The highest BCUT2D eigenvalue weighted by Crippen LogP contribution is 2.45. The molecule has 2 amide bonds. The Labute approximate surface area is 219 Å². The molecule has 1 aromatic rings. The maximum atomic E-state index is 13.2. The Balaban J connectivity index is 1.59. The third-order valence-corrected chi connectivity index (χ3v) is 7.48. The summed E-state index contributed by atoms with van der Waals surface area (Å²) in [5.74, 6) is -0.490. The number of amidine groups is 1. The predicted octanol–water partition coefficient (Wildman–Crippen LogP) is 3.19. The summed E-state index contributed by atoms with van der Waals surface area (Å²) in [5.41, 5.74) is 2.57. The van der Waals surface area contributed by atoms with Gasteiger partial charge in [0.05, 0.1) is 30.3 Å². The molecular formula is C25H29ClN4O5S. The number of rotatable bonds is 7. The van der Waals surface area contributed by atoms with Crippen molar-refractivity contribution in [3.8, 4) is 0 Å². The maximum Gasteiger partial charge on any atom is 0.338 e. The van der Waals surface area contributed by atoms with Crippen LogP contribution >= 0.6 is 23.4 Å². The number of ether oxygens (including phenoxy) is 2. The van der Waals surface area contributed by atoms with Crippen LogP contribution in [0.25, 0.3) is 0 Å². The minimum atomic E-state index is -0.520. The van der Waals surface area contributed by atoms with Gasteiger partial charge in [-0.05, 0) is 30.0 Å². The van der Waals surface area contributed by atoms with Gasteiger partial charge in [-0.15, -0.1) is 0 Å².